The molecular formula is C14H19F3N2O5S. The molecule has 2 N–H and O–H groups in total. The average molecular weight is 384 g/mol. The van der Waals surface area contributed by atoms with Crippen molar-refractivity contribution >= 4 is 21.6 Å². The van der Waals surface area contributed by atoms with E-state index >= 15 is 0 Å². The molecule has 0 atom stereocenters. The third-order valence-electron chi connectivity index (χ3n) is 4.14. The van der Waals surface area contributed by atoms with Gasteiger partial charge in [0.1, 0.15) is 16.0 Å². The summed E-state index contributed by atoms with van der Waals surface area (Å²) in [6.45, 7) is 2.22. The Morgan fingerprint density at radius 3 is 2.52 bits per heavy atom. The minimum Gasteiger partial charge on any atom is -0.383 e. The molecule has 1 aliphatic carbocycles. The summed E-state index contributed by atoms with van der Waals surface area (Å²) in [5, 5.41) is 15.7. The molecule has 1 fully saturated rings. The highest BCUT2D eigenvalue weighted by atomic mass is 32.2. The predicted octanol–water partition coefficient (Wildman–Crippen LogP) is 2.13. The number of rotatable bonds is 7. The predicted molar refractivity (Wildman–Crippen MR) is 81.4 cm³/mol. The van der Waals surface area contributed by atoms with Gasteiger partial charge in [-0.1, -0.05) is 5.16 Å². The third kappa shape index (κ3) is 4.51. The van der Waals surface area contributed by atoms with E-state index < -0.39 is 50.9 Å². The molecule has 1 heterocycles. The van der Waals surface area contributed by atoms with Crippen LogP contribution in [0.3, 0.4) is 0 Å². The number of hydrogen-bond acceptors (Lipinski definition) is 6. The van der Waals surface area contributed by atoms with Gasteiger partial charge in [0.05, 0.1) is 5.75 Å². The van der Waals surface area contributed by atoms with Crippen molar-refractivity contribution in [3.63, 3.8) is 0 Å². The Bertz CT molecular complexity index is 751. The molecule has 0 spiro atoms. The number of aromatic nitrogens is 1. The Morgan fingerprint density at radius 1 is 1.40 bits per heavy atom. The molecule has 1 aromatic rings. The lowest BCUT2D eigenvalue weighted by molar-refractivity contribution is -0.134. The van der Waals surface area contributed by atoms with E-state index in [1.807, 2.05) is 0 Å². The summed E-state index contributed by atoms with van der Waals surface area (Å²) in [4.78, 5) is 12.3. The molecule has 0 bridgehead atoms. The Hall–Kier alpha value is -1.62. The number of sulfone groups is 1. The van der Waals surface area contributed by atoms with Crippen LogP contribution in [0.25, 0.3) is 0 Å². The van der Waals surface area contributed by atoms with Gasteiger partial charge in [0.2, 0.25) is 11.8 Å². The van der Waals surface area contributed by atoms with Crippen LogP contribution in [-0.2, 0) is 20.2 Å². The molecular weight excluding hydrogens is 365 g/mol. The molecule has 0 aromatic carbocycles. The van der Waals surface area contributed by atoms with Crippen molar-refractivity contribution in [2.75, 3.05) is 11.1 Å². The van der Waals surface area contributed by atoms with Crippen LogP contribution in [0.4, 0.5) is 19.1 Å². The highest BCUT2D eigenvalue weighted by molar-refractivity contribution is 7.93. The number of halogens is 3. The van der Waals surface area contributed by atoms with Crippen LogP contribution >= 0.6 is 0 Å². The van der Waals surface area contributed by atoms with Crippen LogP contribution in [0.15, 0.2) is 10.6 Å². The summed E-state index contributed by atoms with van der Waals surface area (Å²) in [6.07, 6.45) is -5.31. The van der Waals surface area contributed by atoms with Crippen LogP contribution in [0.1, 0.15) is 45.2 Å². The molecule has 142 valence electrons. The van der Waals surface area contributed by atoms with E-state index in [-0.39, 0.29) is 11.6 Å². The minimum atomic E-state index is -4.46. The van der Waals surface area contributed by atoms with Gasteiger partial charge >= 0.3 is 6.18 Å². The number of aliphatic hydroxyl groups is 1. The van der Waals surface area contributed by atoms with Gasteiger partial charge in [-0.3, -0.25) is 10.1 Å². The first kappa shape index (κ1) is 19.7. The highest BCUT2D eigenvalue weighted by Gasteiger charge is 2.46. The molecule has 2 rings (SSSR count). The number of hydrogen-bond donors (Lipinski definition) is 2. The monoisotopic (exact) mass is 384 g/mol. The lowest BCUT2D eigenvalue weighted by Gasteiger charge is -2.23. The van der Waals surface area contributed by atoms with Crippen molar-refractivity contribution in [3.8, 4) is 0 Å². The topological polar surface area (TPSA) is 110 Å². The normalized spacial score (nSPS) is 17.4. The zero-order valence-electron chi connectivity index (χ0n) is 13.7. The number of nitrogens with zero attached hydrogens (tertiary/aromatic N) is 1. The minimum absolute atomic E-state index is 0.140. The second-order valence-electron chi connectivity index (χ2n) is 6.61. The fraction of sp³-hybridized carbons (Fsp3) is 0.714. The number of amides is 1. The average Bonchev–Trinajstić information content (AvgIpc) is 3.02. The lowest BCUT2D eigenvalue weighted by atomic mass is 10.2. The van der Waals surface area contributed by atoms with Gasteiger partial charge in [-0.2, -0.15) is 13.2 Å². The lowest BCUT2D eigenvalue weighted by Crippen LogP contribution is -2.45. The molecule has 1 aromatic heterocycles. The van der Waals surface area contributed by atoms with Crippen LogP contribution in [-0.4, -0.2) is 41.3 Å². The SMILES string of the molecule is CC(C)(C(=O)Nc1cc(C2(O)CC2)no1)S(=O)(=O)CCCC(F)(F)F. The second-order valence-corrected chi connectivity index (χ2v) is 9.27. The van der Waals surface area contributed by atoms with Crippen molar-refractivity contribution in [2.45, 2.75) is 56.1 Å². The summed E-state index contributed by atoms with van der Waals surface area (Å²) in [7, 11) is -4.13. The number of carbonyl (C=O) groups excluding carboxylic acids is 1. The van der Waals surface area contributed by atoms with Crippen LogP contribution < -0.4 is 5.32 Å². The summed E-state index contributed by atoms with van der Waals surface area (Å²) in [5.41, 5.74) is -0.847. The summed E-state index contributed by atoms with van der Waals surface area (Å²) in [6, 6.07) is 1.29. The first-order chi connectivity index (χ1) is 11.3. The first-order valence-electron chi connectivity index (χ1n) is 7.57. The smallest absolute Gasteiger partial charge is 0.383 e. The van der Waals surface area contributed by atoms with Gasteiger partial charge in [0, 0.05) is 12.5 Å². The Kier molecular flexibility index (Phi) is 4.94. The van der Waals surface area contributed by atoms with Crippen molar-refractivity contribution in [2.24, 2.45) is 0 Å². The molecule has 0 aliphatic heterocycles. The van der Waals surface area contributed by atoms with Crippen LogP contribution in [0, 0.1) is 0 Å². The molecule has 25 heavy (non-hydrogen) atoms. The van der Waals surface area contributed by atoms with Crippen molar-refractivity contribution in [1.82, 2.24) is 5.16 Å². The van der Waals surface area contributed by atoms with E-state index in [0.717, 1.165) is 13.8 Å². The molecule has 0 saturated heterocycles. The third-order valence-corrected chi connectivity index (χ3v) is 6.71. The number of anilines is 1. The van der Waals surface area contributed by atoms with Gasteiger partial charge in [-0.05, 0) is 33.1 Å². The van der Waals surface area contributed by atoms with Crippen molar-refractivity contribution < 1.29 is 36.0 Å². The van der Waals surface area contributed by atoms with Gasteiger partial charge in [-0.25, -0.2) is 8.42 Å². The first-order valence-corrected chi connectivity index (χ1v) is 9.22. The second kappa shape index (κ2) is 6.27. The molecule has 1 aliphatic rings. The van der Waals surface area contributed by atoms with Crippen LogP contribution in [0.5, 0.6) is 0 Å². The Labute approximate surface area is 142 Å². The van der Waals surface area contributed by atoms with Crippen molar-refractivity contribution in [3.05, 3.63) is 11.8 Å². The fourth-order valence-electron chi connectivity index (χ4n) is 2.05. The van der Waals surface area contributed by atoms with E-state index in [4.69, 9.17) is 4.52 Å². The highest BCUT2D eigenvalue weighted by Crippen LogP contribution is 2.45. The number of alkyl halides is 3. The summed E-state index contributed by atoms with van der Waals surface area (Å²) >= 11 is 0. The maximum Gasteiger partial charge on any atom is 0.389 e. The summed E-state index contributed by atoms with van der Waals surface area (Å²) < 4.78 is 63.8. The fourth-order valence-corrected chi connectivity index (χ4v) is 3.42. The van der Waals surface area contributed by atoms with Gasteiger partial charge in [-0.15, -0.1) is 0 Å². The maximum absolute atomic E-state index is 12.3. The van der Waals surface area contributed by atoms with Gasteiger partial charge in [0.15, 0.2) is 9.84 Å². The maximum atomic E-state index is 12.3. The molecule has 0 unspecified atom stereocenters. The van der Waals surface area contributed by atoms with E-state index in [0.29, 0.717) is 12.8 Å². The zero-order chi connectivity index (χ0) is 19.1. The molecule has 1 amide bonds. The molecule has 7 nitrogen and oxygen atoms in total. The Morgan fingerprint density at radius 2 is 2.00 bits per heavy atom. The van der Waals surface area contributed by atoms with E-state index in [9.17, 15) is 31.5 Å². The quantitative estimate of drug-likeness (QED) is 0.745. The van der Waals surface area contributed by atoms with Gasteiger partial charge in [0.25, 0.3) is 0 Å². The molecule has 1 saturated carbocycles. The summed E-state index contributed by atoms with van der Waals surface area (Å²) in [5.74, 6) is -1.86. The zero-order valence-corrected chi connectivity index (χ0v) is 14.5. The largest absolute Gasteiger partial charge is 0.389 e. The molecule has 0 radical (unpaired) electrons. The Balaban J connectivity index is 2.01. The van der Waals surface area contributed by atoms with Crippen molar-refractivity contribution in [1.29, 1.82) is 0 Å². The standard InChI is InChI=1S/C14H19F3N2O5S/c1-12(2,25(22,23)7-3-4-14(15,16)17)11(20)18-10-8-9(19-24-10)13(21)5-6-13/h8,21H,3-7H2,1-2H3,(H,18,20). The van der Waals surface area contributed by atoms with E-state index in [1.165, 1.54) is 6.07 Å². The van der Waals surface area contributed by atoms with Crippen LogP contribution in [0.2, 0.25) is 0 Å². The number of carbonyl (C=O) groups is 1. The number of nitrogens with one attached hydrogen (secondary N) is 1. The van der Waals surface area contributed by atoms with E-state index in [2.05, 4.69) is 10.5 Å². The van der Waals surface area contributed by atoms with Gasteiger partial charge < -0.3 is 9.63 Å². The van der Waals surface area contributed by atoms with E-state index in [1.54, 1.807) is 0 Å². The molecule has 11 heteroatoms.